The van der Waals surface area contributed by atoms with Gasteiger partial charge in [-0.25, -0.2) is 0 Å². The molecule has 0 aromatic heterocycles. The van der Waals surface area contributed by atoms with Crippen LogP contribution in [-0.2, 0) is 0 Å². The van der Waals surface area contributed by atoms with Gasteiger partial charge in [-0.1, -0.05) is 35.5 Å². The normalized spacial score (nSPS) is 14.3. The van der Waals surface area contributed by atoms with E-state index in [1.165, 1.54) is 5.19 Å². The van der Waals surface area contributed by atoms with Gasteiger partial charge in [0.25, 0.3) is 0 Å². The third kappa shape index (κ3) is 2.97. The second kappa shape index (κ2) is 4.65. The van der Waals surface area contributed by atoms with Crippen molar-refractivity contribution in [3.8, 4) is 0 Å². The monoisotopic (exact) mass is 199 g/mol. The van der Waals surface area contributed by atoms with Crippen molar-refractivity contribution >= 4 is 26.3 Å². The summed E-state index contributed by atoms with van der Waals surface area (Å²) in [6.45, 7) is 0. The van der Waals surface area contributed by atoms with E-state index < -0.39 is 0 Å². The molecule has 0 bridgehead atoms. The molecule has 0 saturated carbocycles. The molecule has 0 spiro atoms. The summed E-state index contributed by atoms with van der Waals surface area (Å²) in [6.07, 6.45) is 0. The summed E-state index contributed by atoms with van der Waals surface area (Å²) >= 11 is 6.14. The first-order valence-electron chi connectivity index (χ1n) is 4.04. The number of benzene rings is 1. The fourth-order valence-corrected chi connectivity index (χ4v) is 2.82. The van der Waals surface area contributed by atoms with Crippen molar-refractivity contribution in [2.24, 2.45) is 0 Å². The van der Waals surface area contributed by atoms with Crippen LogP contribution in [0, 0.1) is 0 Å². The molecule has 0 fully saturated rings. The molecule has 0 N–H and O–H groups in total. The van der Waals surface area contributed by atoms with Gasteiger partial charge >= 0.3 is 0 Å². The van der Waals surface area contributed by atoms with E-state index in [4.69, 9.17) is 11.6 Å². The molecule has 1 atom stereocenters. The summed E-state index contributed by atoms with van der Waals surface area (Å²) < 4.78 is 0. The van der Waals surface area contributed by atoms with Crippen LogP contribution in [0.1, 0.15) is 0 Å². The lowest BCUT2D eigenvalue weighted by atomic mass is 10.4. The Hall–Kier alpha value is -0.313. The molecule has 0 aliphatic rings. The highest BCUT2D eigenvalue weighted by Gasteiger charge is 2.07. The summed E-state index contributed by atoms with van der Waals surface area (Å²) in [5, 5.41) is 1.65. The number of nitrogens with zero attached hydrogens (tertiary/aromatic N) is 1. The Morgan fingerprint density at radius 1 is 1.25 bits per heavy atom. The van der Waals surface area contributed by atoms with Gasteiger partial charge in [-0.3, -0.25) is 4.90 Å². The highest BCUT2D eigenvalue weighted by molar-refractivity contribution is 6.64. The summed E-state index contributed by atoms with van der Waals surface area (Å²) in [7, 11) is 3.70. The van der Waals surface area contributed by atoms with Crippen LogP contribution < -0.4 is 5.19 Å². The zero-order valence-electron chi connectivity index (χ0n) is 7.50. The molecule has 1 aromatic rings. The average molecular weight is 200 g/mol. The Kier molecular flexibility index (Phi) is 3.79. The second-order valence-electron chi connectivity index (χ2n) is 3.09. The lowest BCUT2D eigenvalue weighted by Gasteiger charge is -2.16. The van der Waals surface area contributed by atoms with E-state index in [2.05, 4.69) is 29.2 Å². The van der Waals surface area contributed by atoms with Crippen molar-refractivity contribution in [1.82, 2.24) is 4.90 Å². The maximum absolute atomic E-state index is 6.14. The summed E-state index contributed by atoms with van der Waals surface area (Å²) in [5.41, 5.74) is 0. The maximum Gasteiger partial charge on any atom is 0.0930 e. The number of alkyl halides is 1. The zero-order valence-corrected chi connectivity index (χ0v) is 9.67. The molecular formula is C9H14ClNSi. The molecule has 12 heavy (non-hydrogen) atoms. The third-order valence-corrected chi connectivity index (χ3v) is 4.67. The van der Waals surface area contributed by atoms with Gasteiger partial charge in [0, 0.05) is 0 Å². The molecule has 1 aromatic carbocycles. The minimum Gasteiger partial charge on any atom is -0.297 e. The van der Waals surface area contributed by atoms with Gasteiger partial charge in [-0.15, -0.1) is 11.6 Å². The van der Waals surface area contributed by atoms with Gasteiger partial charge in [0.05, 0.1) is 14.6 Å². The first-order valence-corrected chi connectivity index (χ1v) is 6.00. The van der Waals surface area contributed by atoms with E-state index in [0.717, 1.165) is 0 Å². The van der Waals surface area contributed by atoms with E-state index in [1.54, 1.807) is 0 Å². The van der Waals surface area contributed by atoms with E-state index in [1.807, 2.05) is 20.2 Å². The van der Waals surface area contributed by atoms with Crippen LogP contribution >= 0.6 is 11.6 Å². The third-order valence-electron chi connectivity index (χ3n) is 1.81. The van der Waals surface area contributed by atoms with Gasteiger partial charge in [0.1, 0.15) is 0 Å². The lowest BCUT2D eigenvalue weighted by Crippen LogP contribution is -2.34. The molecule has 66 valence electrons. The van der Waals surface area contributed by atoms with E-state index >= 15 is 0 Å². The molecule has 3 heteroatoms. The van der Waals surface area contributed by atoms with E-state index in [9.17, 15) is 0 Å². The SMILES string of the molecule is CN(C)C(Cl)[SiH2]c1ccccc1. The van der Waals surface area contributed by atoms with Crippen molar-refractivity contribution in [2.45, 2.75) is 5.12 Å². The van der Waals surface area contributed by atoms with Crippen LogP contribution in [0.2, 0.25) is 0 Å². The van der Waals surface area contributed by atoms with Crippen molar-refractivity contribution < 1.29 is 0 Å². The number of hydrogen-bond acceptors (Lipinski definition) is 1. The molecular weight excluding hydrogens is 186 g/mol. The average Bonchev–Trinajstić information content (AvgIpc) is 2.06. The van der Waals surface area contributed by atoms with Crippen molar-refractivity contribution in [2.75, 3.05) is 14.1 Å². The topological polar surface area (TPSA) is 3.24 Å². The predicted molar refractivity (Wildman–Crippen MR) is 57.9 cm³/mol. The van der Waals surface area contributed by atoms with Gasteiger partial charge in [0.15, 0.2) is 0 Å². The summed E-state index contributed by atoms with van der Waals surface area (Å²) in [4.78, 5) is 2.07. The van der Waals surface area contributed by atoms with E-state index in [-0.39, 0.29) is 14.6 Å². The maximum atomic E-state index is 6.14. The predicted octanol–water partition coefficient (Wildman–Crippen LogP) is 0.565. The van der Waals surface area contributed by atoms with Gasteiger partial charge in [-0.2, -0.15) is 0 Å². The molecule has 1 rings (SSSR count). The van der Waals surface area contributed by atoms with Crippen LogP contribution in [-0.4, -0.2) is 33.6 Å². The summed E-state index contributed by atoms with van der Waals surface area (Å²) in [5.74, 6) is 0. The molecule has 0 amide bonds. The fourth-order valence-electron chi connectivity index (χ4n) is 0.991. The lowest BCUT2D eigenvalue weighted by molar-refractivity contribution is 0.447. The smallest absolute Gasteiger partial charge is 0.0930 e. The molecule has 0 heterocycles. The Labute approximate surface area is 81.2 Å². The number of rotatable bonds is 3. The highest BCUT2D eigenvalue weighted by Crippen LogP contribution is 1.96. The van der Waals surface area contributed by atoms with Crippen LogP contribution in [0.15, 0.2) is 30.3 Å². The standard InChI is InChI=1S/C9H14ClNSi/c1-11(2)9(10)12-8-6-4-3-5-7-8/h3-7,9H,12H2,1-2H3. The molecule has 0 saturated heterocycles. The van der Waals surface area contributed by atoms with Gasteiger partial charge in [0.2, 0.25) is 0 Å². The Morgan fingerprint density at radius 3 is 2.33 bits per heavy atom. The molecule has 0 radical (unpaired) electrons. The Bertz CT molecular complexity index is 225. The van der Waals surface area contributed by atoms with Gasteiger partial charge in [-0.05, 0) is 14.1 Å². The van der Waals surface area contributed by atoms with Crippen LogP contribution in [0.3, 0.4) is 0 Å². The van der Waals surface area contributed by atoms with Crippen LogP contribution in [0.4, 0.5) is 0 Å². The molecule has 0 aliphatic carbocycles. The number of halogens is 1. The first kappa shape index (κ1) is 9.77. The minimum atomic E-state index is -0.343. The first-order chi connectivity index (χ1) is 5.70. The van der Waals surface area contributed by atoms with Crippen molar-refractivity contribution in [3.63, 3.8) is 0 Å². The van der Waals surface area contributed by atoms with Gasteiger partial charge < -0.3 is 0 Å². The Morgan fingerprint density at radius 2 is 1.83 bits per heavy atom. The van der Waals surface area contributed by atoms with Crippen molar-refractivity contribution in [1.29, 1.82) is 0 Å². The quantitative estimate of drug-likeness (QED) is 0.391. The highest BCUT2D eigenvalue weighted by atomic mass is 35.5. The number of hydrogen-bond donors (Lipinski definition) is 0. The van der Waals surface area contributed by atoms with Crippen LogP contribution in [0.5, 0.6) is 0 Å². The minimum absolute atomic E-state index is 0.229. The molecule has 1 unspecified atom stereocenters. The molecule has 0 aliphatic heterocycles. The fraction of sp³-hybridized carbons (Fsp3) is 0.333. The van der Waals surface area contributed by atoms with E-state index in [0.29, 0.717) is 0 Å². The van der Waals surface area contributed by atoms with Crippen LogP contribution in [0.25, 0.3) is 0 Å². The zero-order chi connectivity index (χ0) is 8.97. The summed E-state index contributed by atoms with van der Waals surface area (Å²) in [6, 6.07) is 10.5. The Balaban J connectivity index is 2.53. The molecule has 1 nitrogen and oxygen atoms in total. The second-order valence-corrected chi connectivity index (χ2v) is 6.11. The largest absolute Gasteiger partial charge is 0.297 e. The van der Waals surface area contributed by atoms with Crippen molar-refractivity contribution in [3.05, 3.63) is 30.3 Å².